The maximum absolute atomic E-state index is 12.5. The Bertz CT molecular complexity index is 903. The molecule has 7 nitrogen and oxygen atoms in total. The van der Waals surface area contributed by atoms with E-state index in [4.69, 9.17) is 14.5 Å². The molecular weight excluding hydrogens is 392 g/mol. The Hall–Kier alpha value is -3.09. The summed E-state index contributed by atoms with van der Waals surface area (Å²) in [5.74, 6) is 0. The first-order valence-corrected chi connectivity index (χ1v) is 10.8. The van der Waals surface area contributed by atoms with E-state index >= 15 is 0 Å². The van der Waals surface area contributed by atoms with Gasteiger partial charge in [0.2, 0.25) is 0 Å². The minimum atomic E-state index is -0.487. The van der Waals surface area contributed by atoms with E-state index in [1.807, 2.05) is 39.0 Å². The molecule has 1 amide bonds. The molecule has 3 heterocycles. The molecule has 2 aliphatic heterocycles. The number of pyridine rings is 1. The van der Waals surface area contributed by atoms with Crippen molar-refractivity contribution in [2.24, 2.45) is 4.99 Å². The first-order chi connectivity index (χ1) is 14.9. The second-order valence-corrected chi connectivity index (χ2v) is 8.95. The van der Waals surface area contributed by atoms with Crippen LogP contribution in [0.2, 0.25) is 0 Å². The first-order valence-electron chi connectivity index (χ1n) is 10.8. The van der Waals surface area contributed by atoms with Crippen LogP contribution in [0.1, 0.15) is 45.2 Å². The molecule has 7 heteroatoms. The molecule has 4 rings (SSSR count). The highest BCUT2D eigenvalue weighted by Gasteiger charge is 2.40. The normalized spacial score (nSPS) is 21.3. The second-order valence-electron chi connectivity index (χ2n) is 8.95. The molecule has 0 saturated carbocycles. The van der Waals surface area contributed by atoms with Crippen LogP contribution in [-0.4, -0.2) is 58.2 Å². The number of hydrogen-bond donors (Lipinski definition) is 0. The Balaban J connectivity index is 1.53. The number of nitrogens with zero attached hydrogens (tertiary/aromatic N) is 4. The zero-order valence-electron chi connectivity index (χ0n) is 18.4. The fraction of sp³-hybridized carbons (Fsp3) is 0.458. The van der Waals surface area contributed by atoms with Crippen molar-refractivity contribution < 1.29 is 14.3 Å². The summed E-state index contributed by atoms with van der Waals surface area (Å²) in [5.41, 5.74) is 1.48. The molecule has 0 N–H and O–H groups in total. The average molecular weight is 423 g/mol. The van der Waals surface area contributed by atoms with Gasteiger partial charge < -0.3 is 19.3 Å². The van der Waals surface area contributed by atoms with Crippen LogP contribution in [0.4, 0.5) is 10.5 Å². The minimum absolute atomic E-state index is 0.0923. The van der Waals surface area contributed by atoms with E-state index in [1.54, 1.807) is 17.3 Å². The first kappa shape index (κ1) is 21.2. The van der Waals surface area contributed by atoms with Crippen LogP contribution in [0.3, 0.4) is 0 Å². The highest BCUT2D eigenvalue weighted by Crippen LogP contribution is 2.34. The Morgan fingerprint density at radius 1 is 1.13 bits per heavy atom. The number of aromatic nitrogens is 1. The number of aliphatic imine (C=N–C) groups is 1. The molecule has 1 atom stereocenters. The number of piperidine rings is 1. The number of hydrogen-bond acceptors (Lipinski definition) is 5. The molecule has 2 fully saturated rings. The van der Waals surface area contributed by atoms with E-state index in [0.717, 1.165) is 18.5 Å². The smallest absolute Gasteiger partial charge is 0.410 e. The summed E-state index contributed by atoms with van der Waals surface area (Å²) in [5, 5.41) is 0. The zero-order valence-corrected chi connectivity index (χ0v) is 18.4. The maximum atomic E-state index is 12.5. The molecular formula is C24H30N4O3. The minimum Gasteiger partial charge on any atom is -0.462 e. The van der Waals surface area contributed by atoms with Crippen LogP contribution in [-0.2, 0) is 9.47 Å². The summed E-state index contributed by atoms with van der Waals surface area (Å²) in [7, 11) is 0. The summed E-state index contributed by atoms with van der Waals surface area (Å²) in [4.78, 5) is 25.5. The third-order valence-corrected chi connectivity index (χ3v) is 5.49. The SMILES string of the molecule is CC(C)(C)OC(=O)N1CCC(N2C(=Nc3cccnc3)OCC2c2ccccc2)CC1. The second kappa shape index (κ2) is 8.96. The number of likely N-dealkylation sites (tertiary alicyclic amines) is 1. The molecule has 164 valence electrons. The average Bonchev–Trinajstić information content (AvgIpc) is 3.17. The Morgan fingerprint density at radius 2 is 1.87 bits per heavy atom. The number of amidine groups is 1. The third-order valence-electron chi connectivity index (χ3n) is 5.49. The number of amides is 1. The predicted molar refractivity (Wildman–Crippen MR) is 119 cm³/mol. The quantitative estimate of drug-likeness (QED) is 0.726. The summed E-state index contributed by atoms with van der Waals surface area (Å²) in [6.45, 7) is 7.53. The predicted octanol–water partition coefficient (Wildman–Crippen LogP) is 4.54. The summed E-state index contributed by atoms with van der Waals surface area (Å²) in [6, 6.07) is 15.1. The molecule has 1 unspecified atom stereocenters. The van der Waals surface area contributed by atoms with Crippen molar-refractivity contribution in [1.82, 2.24) is 14.8 Å². The van der Waals surface area contributed by atoms with Crippen LogP contribution in [0, 0.1) is 0 Å². The fourth-order valence-corrected chi connectivity index (χ4v) is 4.06. The highest BCUT2D eigenvalue weighted by molar-refractivity contribution is 5.79. The summed E-state index contributed by atoms with van der Waals surface area (Å²) >= 11 is 0. The van der Waals surface area contributed by atoms with Gasteiger partial charge in [0, 0.05) is 25.3 Å². The van der Waals surface area contributed by atoms with E-state index in [1.165, 1.54) is 5.56 Å². The van der Waals surface area contributed by atoms with Crippen LogP contribution >= 0.6 is 0 Å². The number of carbonyl (C=O) groups is 1. The van der Waals surface area contributed by atoms with Crippen LogP contribution in [0.15, 0.2) is 59.9 Å². The number of carbonyl (C=O) groups excluding carboxylic acids is 1. The number of ether oxygens (including phenoxy) is 2. The topological polar surface area (TPSA) is 67.3 Å². The molecule has 2 saturated heterocycles. The fourth-order valence-electron chi connectivity index (χ4n) is 4.06. The third kappa shape index (κ3) is 5.16. The van der Waals surface area contributed by atoms with Gasteiger partial charge in [-0.1, -0.05) is 30.3 Å². The van der Waals surface area contributed by atoms with Crippen molar-refractivity contribution in [3.63, 3.8) is 0 Å². The monoisotopic (exact) mass is 422 g/mol. The molecule has 2 aliphatic rings. The van der Waals surface area contributed by atoms with Crippen LogP contribution < -0.4 is 0 Å². The van der Waals surface area contributed by atoms with E-state index in [2.05, 4.69) is 34.1 Å². The Labute approximate surface area is 183 Å². The van der Waals surface area contributed by atoms with E-state index in [0.29, 0.717) is 25.7 Å². The lowest BCUT2D eigenvalue weighted by Crippen LogP contribution is -2.49. The van der Waals surface area contributed by atoms with Gasteiger partial charge in [0.25, 0.3) is 6.02 Å². The van der Waals surface area contributed by atoms with Gasteiger partial charge in [-0.3, -0.25) is 4.98 Å². The van der Waals surface area contributed by atoms with Crippen molar-refractivity contribution >= 4 is 17.8 Å². The van der Waals surface area contributed by atoms with Gasteiger partial charge in [-0.25, -0.2) is 4.79 Å². The van der Waals surface area contributed by atoms with Crippen LogP contribution in [0.5, 0.6) is 0 Å². The van der Waals surface area contributed by atoms with Gasteiger partial charge in [-0.15, -0.1) is 0 Å². The molecule has 1 aromatic heterocycles. The molecule has 2 aromatic rings. The van der Waals surface area contributed by atoms with Gasteiger partial charge in [-0.2, -0.15) is 4.99 Å². The van der Waals surface area contributed by atoms with E-state index in [9.17, 15) is 4.79 Å². The molecule has 31 heavy (non-hydrogen) atoms. The summed E-state index contributed by atoms with van der Waals surface area (Å²) in [6.07, 6.45) is 4.88. The summed E-state index contributed by atoms with van der Waals surface area (Å²) < 4.78 is 11.6. The maximum Gasteiger partial charge on any atom is 0.410 e. The molecule has 0 spiro atoms. The lowest BCUT2D eigenvalue weighted by atomic mass is 9.99. The molecule has 0 radical (unpaired) electrons. The van der Waals surface area contributed by atoms with E-state index in [-0.39, 0.29) is 18.2 Å². The standard InChI is InChI=1S/C24H30N4O3/c1-24(2,3)31-23(29)27-14-11-20(12-15-27)28-21(18-8-5-4-6-9-18)17-30-22(28)26-19-10-7-13-25-16-19/h4-10,13,16,20-21H,11-12,14-15,17H2,1-3H3. The van der Waals surface area contributed by atoms with Crippen molar-refractivity contribution in [3.8, 4) is 0 Å². The van der Waals surface area contributed by atoms with Gasteiger partial charge in [-0.05, 0) is 51.3 Å². The number of benzene rings is 1. The van der Waals surface area contributed by atoms with Crippen molar-refractivity contribution in [1.29, 1.82) is 0 Å². The largest absolute Gasteiger partial charge is 0.462 e. The van der Waals surface area contributed by atoms with Gasteiger partial charge >= 0.3 is 6.09 Å². The van der Waals surface area contributed by atoms with Crippen LogP contribution in [0.25, 0.3) is 0 Å². The molecule has 0 aliphatic carbocycles. The van der Waals surface area contributed by atoms with Crippen molar-refractivity contribution in [3.05, 3.63) is 60.4 Å². The lowest BCUT2D eigenvalue weighted by molar-refractivity contribution is 0.0166. The van der Waals surface area contributed by atoms with E-state index < -0.39 is 5.60 Å². The van der Waals surface area contributed by atoms with Crippen molar-refractivity contribution in [2.45, 2.75) is 51.3 Å². The Morgan fingerprint density at radius 3 is 2.52 bits per heavy atom. The molecule has 1 aromatic carbocycles. The number of rotatable bonds is 3. The Kier molecular flexibility index (Phi) is 6.11. The molecule has 0 bridgehead atoms. The van der Waals surface area contributed by atoms with Gasteiger partial charge in [0.05, 0.1) is 17.9 Å². The highest BCUT2D eigenvalue weighted by atomic mass is 16.6. The van der Waals surface area contributed by atoms with Gasteiger partial charge in [0.1, 0.15) is 12.2 Å². The van der Waals surface area contributed by atoms with Gasteiger partial charge in [0.15, 0.2) is 0 Å². The lowest BCUT2D eigenvalue weighted by Gasteiger charge is -2.39. The zero-order chi connectivity index (χ0) is 21.8. The van der Waals surface area contributed by atoms with Crippen molar-refractivity contribution in [2.75, 3.05) is 19.7 Å².